The molecule has 3 rings (SSSR count). The van der Waals surface area contributed by atoms with E-state index in [0.29, 0.717) is 0 Å². The molecule has 0 radical (unpaired) electrons. The Balaban J connectivity index is 2.31. The van der Waals surface area contributed by atoms with Crippen molar-refractivity contribution >= 4 is 36.9 Å². The molecule has 120 valence electrons. The van der Waals surface area contributed by atoms with Gasteiger partial charge in [-0.25, -0.2) is 12.4 Å². The number of fused-ring (bicyclic) bond motifs is 1. The number of alkyl halides is 3. The predicted octanol–water partition coefficient (Wildman–Crippen LogP) is 4.66. The molecule has 0 unspecified atom stereocenters. The maximum Gasteiger partial charge on any atom is 0.417 e. The van der Waals surface area contributed by atoms with Gasteiger partial charge in [0.1, 0.15) is 0 Å². The first-order valence-corrected chi connectivity index (χ1v) is 8.63. The average molecular weight is 404 g/mol. The van der Waals surface area contributed by atoms with Crippen LogP contribution in [-0.4, -0.2) is 12.4 Å². The number of hydrogen-bond donors (Lipinski definition) is 0. The van der Waals surface area contributed by atoms with Crippen molar-refractivity contribution in [2.75, 3.05) is 0 Å². The van der Waals surface area contributed by atoms with Crippen molar-refractivity contribution in [2.45, 2.75) is 11.1 Å². The van der Waals surface area contributed by atoms with Crippen LogP contribution in [-0.2, 0) is 16.2 Å². The summed E-state index contributed by atoms with van der Waals surface area (Å²) < 4.78 is 65.7. The monoisotopic (exact) mass is 403 g/mol. The lowest BCUT2D eigenvalue weighted by molar-refractivity contribution is -0.136. The smallest absolute Gasteiger partial charge is 0.241 e. The second-order valence-electron chi connectivity index (χ2n) is 4.81. The molecule has 1 aromatic heterocycles. The molecule has 0 atom stereocenters. The van der Waals surface area contributed by atoms with E-state index in [4.69, 9.17) is 0 Å². The third kappa shape index (κ3) is 2.76. The third-order valence-electron chi connectivity index (χ3n) is 3.34. The largest absolute Gasteiger partial charge is 0.417 e. The van der Waals surface area contributed by atoms with E-state index in [9.17, 15) is 21.6 Å². The van der Waals surface area contributed by atoms with E-state index in [1.54, 1.807) is 18.2 Å². The van der Waals surface area contributed by atoms with Gasteiger partial charge in [0.25, 0.3) is 10.0 Å². The Morgan fingerprint density at radius 1 is 1.00 bits per heavy atom. The lowest BCUT2D eigenvalue weighted by Gasteiger charge is -2.11. The van der Waals surface area contributed by atoms with Crippen molar-refractivity contribution in [3.63, 3.8) is 0 Å². The molecule has 0 aliphatic rings. The van der Waals surface area contributed by atoms with Crippen molar-refractivity contribution in [1.82, 2.24) is 3.97 Å². The SMILES string of the molecule is O=S(=O)(c1ccccc1)n1ccc2c(C(F)(F)F)cc(Br)cc21. The molecule has 0 spiro atoms. The summed E-state index contributed by atoms with van der Waals surface area (Å²) in [6.07, 6.45) is -3.45. The Morgan fingerprint density at radius 3 is 2.26 bits per heavy atom. The van der Waals surface area contributed by atoms with Crippen molar-refractivity contribution in [3.8, 4) is 0 Å². The predicted molar refractivity (Wildman–Crippen MR) is 83.7 cm³/mol. The number of halogens is 4. The van der Waals surface area contributed by atoms with Crippen LogP contribution in [0.2, 0.25) is 0 Å². The standard InChI is InChI=1S/C15H9BrF3NO2S/c16-10-8-13(15(17,18)19)12-6-7-20(14(12)9-10)23(21,22)11-4-2-1-3-5-11/h1-9H. The van der Waals surface area contributed by atoms with Crippen molar-refractivity contribution in [1.29, 1.82) is 0 Å². The van der Waals surface area contributed by atoms with Crippen molar-refractivity contribution in [3.05, 3.63) is 64.8 Å². The first kappa shape index (κ1) is 16.1. The fraction of sp³-hybridized carbons (Fsp3) is 0.0667. The van der Waals surface area contributed by atoms with Crippen LogP contribution in [0.4, 0.5) is 13.2 Å². The molecule has 0 bridgehead atoms. The molecule has 0 amide bonds. The highest BCUT2D eigenvalue weighted by atomic mass is 79.9. The first-order valence-electron chi connectivity index (χ1n) is 6.40. The quantitative estimate of drug-likeness (QED) is 0.624. The van der Waals surface area contributed by atoms with E-state index >= 15 is 0 Å². The van der Waals surface area contributed by atoms with Gasteiger partial charge in [0, 0.05) is 16.1 Å². The summed E-state index contributed by atoms with van der Waals surface area (Å²) in [4.78, 5) is 0.00559. The summed E-state index contributed by atoms with van der Waals surface area (Å²) in [5.41, 5.74) is -0.917. The maximum absolute atomic E-state index is 13.1. The normalized spacial score (nSPS) is 12.7. The molecule has 0 aliphatic heterocycles. The molecule has 0 fully saturated rings. The Bertz CT molecular complexity index is 979. The molecule has 0 saturated carbocycles. The van der Waals surface area contributed by atoms with E-state index in [0.717, 1.165) is 22.3 Å². The van der Waals surface area contributed by atoms with Gasteiger partial charge >= 0.3 is 6.18 Å². The van der Waals surface area contributed by atoms with Crippen LogP contribution in [0.1, 0.15) is 5.56 Å². The van der Waals surface area contributed by atoms with Gasteiger partial charge in [0.2, 0.25) is 0 Å². The minimum absolute atomic E-state index is 0.00559. The fourth-order valence-corrected chi connectivity index (χ4v) is 4.14. The third-order valence-corrected chi connectivity index (χ3v) is 5.50. The summed E-state index contributed by atoms with van der Waals surface area (Å²) in [5.74, 6) is 0. The van der Waals surface area contributed by atoms with E-state index in [1.165, 1.54) is 18.2 Å². The summed E-state index contributed by atoms with van der Waals surface area (Å²) in [5, 5.41) is -0.166. The van der Waals surface area contributed by atoms with Gasteiger partial charge in [0.15, 0.2) is 0 Å². The molecule has 8 heteroatoms. The Kier molecular flexibility index (Phi) is 3.76. The Morgan fingerprint density at radius 2 is 1.65 bits per heavy atom. The van der Waals surface area contributed by atoms with Crippen LogP contribution < -0.4 is 0 Å². The van der Waals surface area contributed by atoms with Crippen LogP contribution in [0.5, 0.6) is 0 Å². The van der Waals surface area contributed by atoms with E-state index in [-0.39, 0.29) is 20.3 Å². The zero-order valence-electron chi connectivity index (χ0n) is 11.4. The number of nitrogens with zero attached hydrogens (tertiary/aromatic N) is 1. The second-order valence-corrected chi connectivity index (χ2v) is 7.54. The number of benzene rings is 2. The van der Waals surface area contributed by atoms with Gasteiger partial charge < -0.3 is 0 Å². The van der Waals surface area contributed by atoms with Crippen molar-refractivity contribution < 1.29 is 21.6 Å². The minimum atomic E-state index is -4.58. The van der Waals surface area contributed by atoms with Gasteiger partial charge in [-0.1, -0.05) is 34.1 Å². The lowest BCUT2D eigenvalue weighted by atomic mass is 10.1. The Labute approximate surface area is 138 Å². The molecule has 1 heterocycles. The molecule has 23 heavy (non-hydrogen) atoms. The Hall–Kier alpha value is -1.80. The van der Waals surface area contributed by atoms with Gasteiger partial charge in [-0.2, -0.15) is 13.2 Å². The van der Waals surface area contributed by atoms with Crippen LogP contribution in [0.25, 0.3) is 10.9 Å². The zero-order chi connectivity index (χ0) is 16.8. The highest BCUT2D eigenvalue weighted by Gasteiger charge is 2.34. The van der Waals surface area contributed by atoms with Crippen LogP contribution in [0.15, 0.2) is 64.1 Å². The fourth-order valence-electron chi connectivity index (χ4n) is 2.33. The summed E-state index contributed by atoms with van der Waals surface area (Å²) in [6, 6.07) is 11.0. The summed E-state index contributed by atoms with van der Waals surface area (Å²) >= 11 is 3.01. The van der Waals surface area contributed by atoms with Crippen LogP contribution >= 0.6 is 15.9 Å². The van der Waals surface area contributed by atoms with Gasteiger partial charge in [-0.05, 0) is 30.3 Å². The summed E-state index contributed by atoms with van der Waals surface area (Å²) in [7, 11) is -3.97. The number of aromatic nitrogens is 1. The molecular weight excluding hydrogens is 395 g/mol. The molecule has 0 saturated heterocycles. The highest BCUT2D eigenvalue weighted by molar-refractivity contribution is 9.10. The molecule has 0 N–H and O–H groups in total. The zero-order valence-corrected chi connectivity index (χ0v) is 13.8. The highest BCUT2D eigenvalue weighted by Crippen LogP contribution is 2.38. The first-order chi connectivity index (χ1) is 10.7. The lowest BCUT2D eigenvalue weighted by Crippen LogP contribution is -2.12. The average Bonchev–Trinajstić information content (AvgIpc) is 2.90. The second kappa shape index (κ2) is 5.38. The van der Waals surface area contributed by atoms with Crippen LogP contribution in [0.3, 0.4) is 0 Å². The van der Waals surface area contributed by atoms with Gasteiger partial charge in [-0.3, -0.25) is 0 Å². The maximum atomic E-state index is 13.1. The van der Waals surface area contributed by atoms with E-state index < -0.39 is 21.8 Å². The van der Waals surface area contributed by atoms with Crippen LogP contribution in [0, 0.1) is 0 Å². The molecule has 3 aromatic rings. The molecular formula is C15H9BrF3NO2S. The molecule has 3 nitrogen and oxygen atoms in total. The van der Waals surface area contributed by atoms with E-state index in [2.05, 4.69) is 15.9 Å². The molecule has 2 aromatic carbocycles. The topological polar surface area (TPSA) is 39.1 Å². The summed E-state index contributed by atoms with van der Waals surface area (Å²) in [6.45, 7) is 0. The van der Waals surface area contributed by atoms with E-state index in [1.807, 2.05) is 0 Å². The van der Waals surface area contributed by atoms with Gasteiger partial charge in [0.05, 0.1) is 16.0 Å². The number of rotatable bonds is 2. The molecule has 0 aliphatic carbocycles. The minimum Gasteiger partial charge on any atom is -0.241 e. The van der Waals surface area contributed by atoms with Crippen molar-refractivity contribution in [2.24, 2.45) is 0 Å². The number of hydrogen-bond acceptors (Lipinski definition) is 2. The van der Waals surface area contributed by atoms with Gasteiger partial charge in [-0.15, -0.1) is 0 Å².